The van der Waals surface area contributed by atoms with Gasteiger partial charge < -0.3 is 10.2 Å². The third-order valence-electron chi connectivity index (χ3n) is 3.44. The smallest absolute Gasteiger partial charge is 0.174 e. The van der Waals surface area contributed by atoms with Gasteiger partial charge in [-0.1, -0.05) is 29.8 Å². The van der Waals surface area contributed by atoms with E-state index in [4.69, 9.17) is 23.8 Å². The Kier molecular flexibility index (Phi) is 5.75. The lowest BCUT2D eigenvalue weighted by atomic mass is 10.1. The SMILES string of the molecule is CC(C)N(C(=S)Nc1ccccc1Cl)C(C)c1ccccn1. The fourth-order valence-electron chi connectivity index (χ4n) is 2.37. The highest BCUT2D eigenvalue weighted by Crippen LogP contribution is 2.25. The van der Waals surface area contributed by atoms with Crippen LogP contribution in [0.1, 0.15) is 32.5 Å². The molecule has 0 saturated carbocycles. The molecule has 0 aliphatic heterocycles. The molecule has 2 aromatic rings. The van der Waals surface area contributed by atoms with Gasteiger partial charge in [0.25, 0.3) is 0 Å². The highest BCUT2D eigenvalue weighted by atomic mass is 35.5. The van der Waals surface area contributed by atoms with Crippen molar-refractivity contribution in [2.75, 3.05) is 5.32 Å². The van der Waals surface area contributed by atoms with Crippen molar-refractivity contribution in [1.82, 2.24) is 9.88 Å². The molecule has 1 atom stereocenters. The molecule has 0 spiro atoms. The van der Waals surface area contributed by atoms with Crippen LogP contribution in [0.25, 0.3) is 0 Å². The van der Waals surface area contributed by atoms with Crippen molar-refractivity contribution in [2.45, 2.75) is 32.9 Å². The van der Waals surface area contributed by atoms with Gasteiger partial charge in [-0.2, -0.15) is 0 Å². The van der Waals surface area contributed by atoms with Crippen LogP contribution in [0.15, 0.2) is 48.7 Å². The molecule has 3 nitrogen and oxygen atoms in total. The minimum atomic E-state index is 0.0729. The maximum atomic E-state index is 6.20. The average Bonchev–Trinajstić information content (AvgIpc) is 2.50. The second kappa shape index (κ2) is 7.56. The number of nitrogens with zero attached hydrogens (tertiary/aromatic N) is 2. The van der Waals surface area contributed by atoms with Crippen LogP contribution < -0.4 is 5.32 Å². The van der Waals surface area contributed by atoms with E-state index in [-0.39, 0.29) is 12.1 Å². The number of anilines is 1. The maximum absolute atomic E-state index is 6.20. The van der Waals surface area contributed by atoms with E-state index in [1.54, 1.807) is 6.20 Å². The van der Waals surface area contributed by atoms with Gasteiger partial charge in [-0.25, -0.2) is 0 Å². The summed E-state index contributed by atoms with van der Waals surface area (Å²) in [4.78, 5) is 6.56. The van der Waals surface area contributed by atoms with E-state index in [1.165, 1.54) is 0 Å². The van der Waals surface area contributed by atoms with Crippen molar-refractivity contribution in [3.05, 3.63) is 59.4 Å². The molecule has 0 aliphatic rings. The molecule has 1 unspecified atom stereocenters. The second-order valence-corrected chi connectivity index (χ2v) is 6.14. The molecule has 0 saturated heterocycles. The molecule has 0 radical (unpaired) electrons. The number of aromatic nitrogens is 1. The van der Waals surface area contributed by atoms with Crippen LogP contribution in [0.2, 0.25) is 5.02 Å². The van der Waals surface area contributed by atoms with E-state index >= 15 is 0 Å². The second-order valence-electron chi connectivity index (χ2n) is 5.34. The van der Waals surface area contributed by atoms with Gasteiger partial charge in [0.2, 0.25) is 0 Å². The van der Waals surface area contributed by atoms with Crippen molar-refractivity contribution < 1.29 is 0 Å². The summed E-state index contributed by atoms with van der Waals surface area (Å²) in [5, 5.41) is 4.53. The summed E-state index contributed by atoms with van der Waals surface area (Å²) in [6.45, 7) is 6.32. The van der Waals surface area contributed by atoms with Crippen molar-refractivity contribution in [1.29, 1.82) is 0 Å². The summed E-state index contributed by atoms with van der Waals surface area (Å²) in [5.41, 5.74) is 1.80. The first kappa shape index (κ1) is 16.7. The Morgan fingerprint density at radius 1 is 1.14 bits per heavy atom. The van der Waals surface area contributed by atoms with Gasteiger partial charge in [-0.15, -0.1) is 0 Å². The fourth-order valence-corrected chi connectivity index (χ4v) is 3.03. The first-order chi connectivity index (χ1) is 10.5. The lowest BCUT2D eigenvalue weighted by Gasteiger charge is -2.35. The summed E-state index contributed by atoms with van der Waals surface area (Å²) >= 11 is 11.8. The van der Waals surface area contributed by atoms with Gasteiger partial charge in [-0.3, -0.25) is 4.98 Å². The van der Waals surface area contributed by atoms with E-state index in [0.29, 0.717) is 10.1 Å². The van der Waals surface area contributed by atoms with Crippen LogP contribution in [0.4, 0.5) is 5.69 Å². The van der Waals surface area contributed by atoms with Gasteiger partial charge in [0.05, 0.1) is 22.4 Å². The van der Waals surface area contributed by atoms with E-state index < -0.39 is 0 Å². The molecule has 0 fully saturated rings. The first-order valence-corrected chi connectivity index (χ1v) is 8.04. The molecule has 116 valence electrons. The van der Waals surface area contributed by atoms with Crippen LogP contribution in [-0.4, -0.2) is 21.0 Å². The van der Waals surface area contributed by atoms with Crippen molar-refractivity contribution >= 4 is 34.6 Å². The third-order valence-corrected chi connectivity index (χ3v) is 4.08. The first-order valence-electron chi connectivity index (χ1n) is 7.25. The Labute approximate surface area is 142 Å². The molecule has 0 amide bonds. The Morgan fingerprint density at radius 2 is 1.82 bits per heavy atom. The number of thiocarbonyl (C=S) groups is 1. The molecule has 1 aromatic carbocycles. The highest BCUT2D eigenvalue weighted by Gasteiger charge is 2.22. The standard InChI is InChI=1S/C17H20ClN3S/c1-12(2)21(13(3)15-9-6-7-11-19-15)17(22)20-16-10-5-4-8-14(16)18/h4-13H,1-3H3,(H,20,22). The largest absolute Gasteiger partial charge is 0.338 e. The monoisotopic (exact) mass is 333 g/mol. The lowest BCUT2D eigenvalue weighted by Crippen LogP contribution is -2.41. The molecule has 1 heterocycles. The topological polar surface area (TPSA) is 28.2 Å². The third kappa shape index (κ3) is 3.96. The van der Waals surface area contributed by atoms with E-state index in [1.807, 2.05) is 42.5 Å². The number of hydrogen-bond acceptors (Lipinski definition) is 2. The minimum absolute atomic E-state index is 0.0729. The molecule has 2 rings (SSSR count). The van der Waals surface area contributed by atoms with Crippen LogP contribution in [0.3, 0.4) is 0 Å². The van der Waals surface area contributed by atoms with Gasteiger partial charge in [0, 0.05) is 12.2 Å². The Hall–Kier alpha value is -1.65. The summed E-state index contributed by atoms with van der Waals surface area (Å²) in [5.74, 6) is 0. The number of hydrogen-bond donors (Lipinski definition) is 1. The molecule has 1 N–H and O–H groups in total. The maximum Gasteiger partial charge on any atom is 0.174 e. The van der Waals surface area contributed by atoms with Crippen LogP contribution >= 0.6 is 23.8 Å². The number of halogens is 1. The number of rotatable bonds is 4. The zero-order valence-corrected chi connectivity index (χ0v) is 14.5. The summed E-state index contributed by atoms with van der Waals surface area (Å²) in [6.07, 6.45) is 1.80. The minimum Gasteiger partial charge on any atom is -0.338 e. The Morgan fingerprint density at radius 3 is 2.41 bits per heavy atom. The van der Waals surface area contributed by atoms with Gasteiger partial charge in [-0.05, 0) is 57.3 Å². The molecule has 1 aromatic heterocycles. The van der Waals surface area contributed by atoms with E-state index in [0.717, 1.165) is 11.4 Å². The number of para-hydroxylation sites is 1. The van der Waals surface area contributed by atoms with Crippen molar-refractivity contribution in [3.8, 4) is 0 Å². The number of pyridine rings is 1. The zero-order chi connectivity index (χ0) is 16.1. The normalized spacial score (nSPS) is 12.0. The van der Waals surface area contributed by atoms with Crippen LogP contribution in [0, 0.1) is 0 Å². The lowest BCUT2D eigenvalue weighted by molar-refractivity contribution is 0.280. The van der Waals surface area contributed by atoms with E-state index in [9.17, 15) is 0 Å². The predicted octanol–water partition coefficient (Wildman–Crippen LogP) is 4.90. The summed E-state index contributed by atoms with van der Waals surface area (Å²) in [7, 11) is 0. The molecule has 22 heavy (non-hydrogen) atoms. The van der Waals surface area contributed by atoms with Gasteiger partial charge >= 0.3 is 0 Å². The Balaban J connectivity index is 2.21. The molecule has 5 heteroatoms. The fraction of sp³-hybridized carbons (Fsp3) is 0.294. The van der Waals surface area contributed by atoms with Crippen LogP contribution in [-0.2, 0) is 0 Å². The zero-order valence-electron chi connectivity index (χ0n) is 13.0. The molecule has 0 bridgehead atoms. The Bertz CT molecular complexity index is 631. The predicted molar refractivity (Wildman–Crippen MR) is 97.3 cm³/mol. The van der Waals surface area contributed by atoms with Gasteiger partial charge in [0.15, 0.2) is 5.11 Å². The molecule has 0 aliphatic carbocycles. The summed E-state index contributed by atoms with van der Waals surface area (Å²) in [6, 6.07) is 13.8. The molecular weight excluding hydrogens is 314 g/mol. The highest BCUT2D eigenvalue weighted by molar-refractivity contribution is 7.80. The average molecular weight is 334 g/mol. The number of nitrogens with one attached hydrogen (secondary N) is 1. The quantitative estimate of drug-likeness (QED) is 0.805. The number of benzene rings is 1. The van der Waals surface area contributed by atoms with Crippen molar-refractivity contribution in [3.63, 3.8) is 0 Å². The summed E-state index contributed by atoms with van der Waals surface area (Å²) < 4.78 is 0. The molecular formula is C17H20ClN3S. The van der Waals surface area contributed by atoms with Crippen molar-refractivity contribution in [2.24, 2.45) is 0 Å². The van der Waals surface area contributed by atoms with Gasteiger partial charge in [0.1, 0.15) is 0 Å². The van der Waals surface area contributed by atoms with E-state index in [2.05, 4.69) is 36.0 Å². The van der Waals surface area contributed by atoms with Crippen LogP contribution in [0.5, 0.6) is 0 Å².